The quantitative estimate of drug-likeness (QED) is 0.237. The summed E-state index contributed by atoms with van der Waals surface area (Å²) in [7, 11) is 1.80. The van der Waals surface area contributed by atoms with E-state index in [4.69, 9.17) is 9.15 Å². The van der Waals surface area contributed by atoms with Crippen LogP contribution in [0.25, 0.3) is 0 Å². The number of hydrogen-bond donors (Lipinski definition) is 2. The van der Waals surface area contributed by atoms with E-state index < -0.39 is 0 Å². The van der Waals surface area contributed by atoms with Gasteiger partial charge >= 0.3 is 0 Å². The Kier molecular flexibility index (Phi) is 11.8. The van der Waals surface area contributed by atoms with Gasteiger partial charge in [-0.2, -0.15) is 0 Å². The lowest BCUT2D eigenvalue weighted by Gasteiger charge is -2.18. The zero-order chi connectivity index (χ0) is 17.7. The second-order valence-electron chi connectivity index (χ2n) is 5.88. The molecular formula is C20H30IN3O2. The third-order valence-corrected chi connectivity index (χ3v) is 4.09. The number of halogens is 1. The lowest BCUT2D eigenvalue weighted by atomic mass is 9.97. The Morgan fingerprint density at radius 3 is 2.62 bits per heavy atom. The van der Waals surface area contributed by atoms with Crippen LogP contribution in [0.4, 0.5) is 0 Å². The Bertz CT molecular complexity index is 603. The van der Waals surface area contributed by atoms with Crippen LogP contribution in [0.5, 0.6) is 0 Å². The number of rotatable bonds is 10. The molecule has 0 radical (unpaired) electrons. The van der Waals surface area contributed by atoms with E-state index in [9.17, 15) is 0 Å². The SMILES string of the molecule is CCC(CNC(=NC)NCCCOCc1ccco1)c1ccccc1.I. The van der Waals surface area contributed by atoms with Gasteiger partial charge in [0.2, 0.25) is 0 Å². The van der Waals surface area contributed by atoms with Crippen LogP contribution in [-0.4, -0.2) is 32.7 Å². The van der Waals surface area contributed by atoms with Crippen LogP contribution in [0.1, 0.15) is 37.0 Å². The summed E-state index contributed by atoms with van der Waals surface area (Å²) < 4.78 is 10.8. The Morgan fingerprint density at radius 2 is 1.96 bits per heavy atom. The molecule has 5 nitrogen and oxygen atoms in total. The van der Waals surface area contributed by atoms with Crippen LogP contribution in [-0.2, 0) is 11.3 Å². The number of furan rings is 1. The Labute approximate surface area is 173 Å². The first-order chi connectivity index (χ1) is 12.3. The summed E-state index contributed by atoms with van der Waals surface area (Å²) in [4.78, 5) is 4.29. The van der Waals surface area contributed by atoms with Crippen molar-refractivity contribution in [2.45, 2.75) is 32.3 Å². The number of benzene rings is 1. The molecule has 26 heavy (non-hydrogen) atoms. The first kappa shape index (κ1) is 22.5. The van der Waals surface area contributed by atoms with Crippen LogP contribution in [0.3, 0.4) is 0 Å². The van der Waals surface area contributed by atoms with E-state index >= 15 is 0 Å². The molecular weight excluding hydrogens is 441 g/mol. The van der Waals surface area contributed by atoms with Crippen LogP contribution < -0.4 is 10.6 Å². The second-order valence-corrected chi connectivity index (χ2v) is 5.88. The van der Waals surface area contributed by atoms with Gasteiger partial charge in [0.05, 0.1) is 6.26 Å². The van der Waals surface area contributed by atoms with Gasteiger partial charge in [-0.05, 0) is 30.5 Å². The summed E-state index contributed by atoms with van der Waals surface area (Å²) in [6.07, 6.45) is 3.67. The first-order valence-corrected chi connectivity index (χ1v) is 8.93. The lowest BCUT2D eigenvalue weighted by Crippen LogP contribution is -2.40. The summed E-state index contributed by atoms with van der Waals surface area (Å²) >= 11 is 0. The van der Waals surface area contributed by atoms with Gasteiger partial charge in [0.15, 0.2) is 5.96 Å². The number of nitrogens with one attached hydrogen (secondary N) is 2. The molecule has 0 fully saturated rings. The van der Waals surface area contributed by atoms with Gasteiger partial charge in [-0.25, -0.2) is 0 Å². The largest absolute Gasteiger partial charge is 0.467 e. The van der Waals surface area contributed by atoms with Crippen LogP contribution in [0.15, 0.2) is 58.1 Å². The smallest absolute Gasteiger partial charge is 0.190 e. The van der Waals surface area contributed by atoms with Crippen molar-refractivity contribution in [2.24, 2.45) is 4.99 Å². The monoisotopic (exact) mass is 471 g/mol. The van der Waals surface area contributed by atoms with E-state index in [1.165, 1.54) is 5.56 Å². The number of nitrogens with zero attached hydrogens (tertiary/aromatic N) is 1. The Morgan fingerprint density at radius 1 is 1.15 bits per heavy atom. The molecule has 2 N–H and O–H groups in total. The molecule has 0 aliphatic carbocycles. The molecule has 2 aromatic rings. The van der Waals surface area contributed by atoms with E-state index in [0.717, 1.165) is 37.7 Å². The zero-order valence-corrected chi connectivity index (χ0v) is 17.9. The molecule has 0 aliphatic heterocycles. The van der Waals surface area contributed by atoms with Crippen molar-refractivity contribution in [1.29, 1.82) is 0 Å². The highest BCUT2D eigenvalue weighted by Gasteiger charge is 2.09. The molecule has 0 saturated heterocycles. The fourth-order valence-corrected chi connectivity index (χ4v) is 2.61. The molecule has 0 aliphatic rings. The molecule has 1 unspecified atom stereocenters. The van der Waals surface area contributed by atoms with Gasteiger partial charge in [-0.3, -0.25) is 4.99 Å². The van der Waals surface area contributed by atoms with E-state index in [-0.39, 0.29) is 24.0 Å². The summed E-state index contributed by atoms with van der Waals surface area (Å²) in [6.45, 7) is 5.11. The summed E-state index contributed by atoms with van der Waals surface area (Å²) in [5.41, 5.74) is 1.36. The van der Waals surface area contributed by atoms with Crippen molar-refractivity contribution in [3.63, 3.8) is 0 Å². The van der Waals surface area contributed by atoms with E-state index in [0.29, 0.717) is 19.1 Å². The third kappa shape index (κ3) is 8.23. The van der Waals surface area contributed by atoms with Gasteiger partial charge < -0.3 is 19.8 Å². The van der Waals surface area contributed by atoms with Gasteiger partial charge in [-0.15, -0.1) is 24.0 Å². The van der Waals surface area contributed by atoms with Gasteiger partial charge in [0.25, 0.3) is 0 Å². The average molecular weight is 471 g/mol. The molecule has 144 valence electrons. The van der Waals surface area contributed by atoms with Crippen molar-refractivity contribution in [3.05, 3.63) is 60.1 Å². The maximum atomic E-state index is 5.57. The van der Waals surface area contributed by atoms with Crippen molar-refractivity contribution < 1.29 is 9.15 Å². The molecule has 0 amide bonds. The lowest BCUT2D eigenvalue weighted by molar-refractivity contribution is 0.105. The van der Waals surface area contributed by atoms with Gasteiger partial charge in [0.1, 0.15) is 12.4 Å². The highest BCUT2D eigenvalue weighted by atomic mass is 127. The summed E-state index contributed by atoms with van der Waals surface area (Å²) in [5, 5.41) is 6.74. The van der Waals surface area contributed by atoms with E-state index in [2.05, 4.69) is 52.9 Å². The van der Waals surface area contributed by atoms with Crippen LogP contribution in [0, 0.1) is 0 Å². The zero-order valence-electron chi connectivity index (χ0n) is 15.6. The maximum absolute atomic E-state index is 5.57. The van der Waals surface area contributed by atoms with Crippen molar-refractivity contribution in [1.82, 2.24) is 10.6 Å². The van der Waals surface area contributed by atoms with Crippen molar-refractivity contribution in [3.8, 4) is 0 Å². The Balaban J connectivity index is 0.00000338. The van der Waals surface area contributed by atoms with Gasteiger partial charge in [-0.1, -0.05) is 37.3 Å². The van der Waals surface area contributed by atoms with Crippen molar-refractivity contribution in [2.75, 3.05) is 26.7 Å². The molecule has 6 heteroatoms. The normalized spacial score (nSPS) is 12.3. The molecule has 1 aromatic carbocycles. The number of hydrogen-bond acceptors (Lipinski definition) is 3. The molecule has 2 rings (SSSR count). The molecule has 0 spiro atoms. The number of guanidine groups is 1. The predicted molar refractivity (Wildman–Crippen MR) is 117 cm³/mol. The second kappa shape index (κ2) is 13.6. The molecule has 0 bridgehead atoms. The minimum absolute atomic E-state index is 0. The van der Waals surface area contributed by atoms with Crippen molar-refractivity contribution >= 4 is 29.9 Å². The molecule has 1 heterocycles. The Hall–Kier alpha value is -1.54. The number of aliphatic imine (C=N–C) groups is 1. The standard InChI is InChI=1S/C20H29N3O2.HI/c1-3-17(18-9-5-4-6-10-18)15-23-20(21-2)22-12-8-13-24-16-19-11-7-14-25-19;/h4-7,9-11,14,17H,3,8,12-13,15-16H2,1-2H3,(H2,21,22,23);1H. The predicted octanol–water partition coefficient (Wildman–Crippen LogP) is 4.16. The first-order valence-electron chi connectivity index (χ1n) is 8.93. The van der Waals surface area contributed by atoms with Gasteiger partial charge in [0, 0.05) is 32.7 Å². The van der Waals surface area contributed by atoms with Crippen LogP contribution >= 0.6 is 24.0 Å². The van der Waals surface area contributed by atoms with E-state index in [1.54, 1.807) is 13.3 Å². The minimum atomic E-state index is 0. The molecule has 1 atom stereocenters. The third-order valence-electron chi connectivity index (χ3n) is 4.09. The fourth-order valence-electron chi connectivity index (χ4n) is 2.61. The maximum Gasteiger partial charge on any atom is 0.190 e. The summed E-state index contributed by atoms with van der Waals surface area (Å²) in [5.74, 6) is 2.17. The van der Waals surface area contributed by atoms with E-state index in [1.807, 2.05) is 12.1 Å². The molecule has 0 saturated carbocycles. The summed E-state index contributed by atoms with van der Waals surface area (Å²) in [6, 6.07) is 14.4. The molecule has 1 aromatic heterocycles. The average Bonchev–Trinajstić information content (AvgIpc) is 3.17. The highest BCUT2D eigenvalue weighted by molar-refractivity contribution is 14.0. The fraction of sp³-hybridized carbons (Fsp3) is 0.450. The number of ether oxygens (including phenoxy) is 1. The van der Waals surface area contributed by atoms with Crippen LogP contribution in [0.2, 0.25) is 0 Å². The highest BCUT2D eigenvalue weighted by Crippen LogP contribution is 2.17. The topological polar surface area (TPSA) is 58.8 Å². The minimum Gasteiger partial charge on any atom is -0.467 e.